The van der Waals surface area contributed by atoms with E-state index in [1.807, 2.05) is 48.5 Å². The van der Waals surface area contributed by atoms with Crippen LogP contribution in [0.2, 0.25) is 5.02 Å². The second-order valence-corrected chi connectivity index (χ2v) is 7.47. The Morgan fingerprint density at radius 3 is 2.69 bits per heavy atom. The van der Waals surface area contributed by atoms with Gasteiger partial charge in [0.25, 0.3) is 5.91 Å². The first-order valence-electron chi connectivity index (χ1n) is 9.96. The lowest BCUT2D eigenvalue weighted by atomic mass is 10.2. The molecule has 6 nitrogen and oxygen atoms in total. The fourth-order valence-corrected chi connectivity index (χ4v) is 3.55. The molecule has 1 heterocycles. The molecule has 0 aliphatic carbocycles. The van der Waals surface area contributed by atoms with E-state index in [1.165, 1.54) is 0 Å². The number of benzene rings is 2. The Labute approximate surface area is 177 Å². The number of carbonyl (C=O) groups excluding carboxylic acids is 1. The first-order valence-corrected chi connectivity index (χ1v) is 10.3. The van der Waals surface area contributed by atoms with Gasteiger partial charge in [-0.1, -0.05) is 35.9 Å². The van der Waals surface area contributed by atoms with E-state index < -0.39 is 0 Å². The third kappa shape index (κ3) is 6.39. The summed E-state index contributed by atoms with van der Waals surface area (Å²) in [7, 11) is 1.77. The van der Waals surface area contributed by atoms with Gasteiger partial charge in [-0.2, -0.15) is 0 Å². The van der Waals surface area contributed by atoms with Crippen LogP contribution >= 0.6 is 11.6 Å². The van der Waals surface area contributed by atoms with Gasteiger partial charge in [0, 0.05) is 55.5 Å². The Bertz CT molecular complexity index is 827. The van der Waals surface area contributed by atoms with E-state index >= 15 is 0 Å². The summed E-state index contributed by atoms with van der Waals surface area (Å²) in [5.74, 6) is 0.748. The van der Waals surface area contributed by atoms with Gasteiger partial charge < -0.3 is 20.9 Å². The molecule has 1 saturated heterocycles. The van der Waals surface area contributed by atoms with Crippen molar-refractivity contribution in [2.24, 2.45) is 4.99 Å². The molecule has 154 valence electrons. The number of rotatable bonds is 7. The van der Waals surface area contributed by atoms with E-state index in [-0.39, 0.29) is 5.91 Å². The van der Waals surface area contributed by atoms with Crippen molar-refractivity contribution in [3.63, 3.8) is 0 Å². The van der Waals surface area contributed by atoms with Crippen molar-refractivity contribution in [1.29, 1.82) is 0 Å². The van der Waals surface area contributed by atoms with Crippen LogP contribution < -0.4 is 20.9 Å². The molecule has 3 rings (SSSR count). The molecule has 1 aliphatic heterocycles. The molecule has 0 radical (unpaired) electrons. The van der Waals surface area contributed by atoms with E-state index in [0.29, 0.717) is 18.2 Å². The van der Waals surface area contributed by atoms with Crippen molar-refractivity contribution in [1.82, 2.24) is 16.0 Å². The van der Waals surface area contributed by atoms with Crippen LogP contribution in [0, 0.1) is 0 Å². The van der Waals surface area contributed by atoms with Crippen LogP contribution in [0.5, 0.6) is 0 Å². The zero-order valence-electron chi connectivity index (χ0n) is 16.7. The van der Waals surface area contributed by atoms with Crippen molar-refractivity contribution in [3.8, 4) is 0 Å². The van der Waals surface area contributed by atoms with Crippen molar-refractivity contribution >= 4 is 29.2 Å². The summed E-state index contributed by atoms with van der Waals surface area (Å²) in [5.41, 5.74) is 1.84. The van der Waals surface area contributed by atoms with Crippen LogP contribution in [-0.4, -0.2) is 51.1 Å². The highest BCUT2D eigenvalue weighted by Gasteiger charge is 2.23. The number of nitrogens with zero attached hydrogens (tertiary/aromatic N) is 2. The molecule has 0 aromatic heterocycles. The molecule has 1 amide bonds. The normalized spacial score (nSPS) is 16.6. The number of guanidine groups is 1. The van der Waals surface area contributed by atoms with Crippen LogP contribution in [0.15, 0.2) is 59.6 Å². The van der Waals surface area contributed by atoms with Gasteiger partial charge in [-0.15, -0.1) is 0 Å². The number of hydrogen-bond donors (Lipinski definition) is 3. The Kier molecular flexibility index (Phi) is 7.76. The minimum atomic E-state index is -0.0415. The van der Waals surface area contributed by atoms with Crippen molar-refractivity contribution in [3.05, 3.63) is 65.2 Å². The lowest BCUT2D eigenvalue weighted by Crippen LogP contribution is -2.45. The number of aliphatic imine (C=N–C) groups is 1. The molecule has 1 atom stereocenters. The number of hydrogen-bond acceptors (Lipinski definition) is 3. The Morgan fingerprint density at radius 1 is 1.14 bits per heavy atom. The predicted molar refractivity (Wildman–Crippen MR) is 120 cm³/mol. The zero-order valence-corrected chi connectivity index (χ0v) is 17.5. The van der Waals surface area contributed by atoms with Gasteiger partial charge in [0.05, 0.1) is 0 Å². The van der Waals surface area contributed by atoms with Crippen LogP contribution in [-0.2, 0) is 0 Å². The summed E-state index contributed by atoms with van der Waals surface area (Å²) < 4.78 is 0. The zero-order chi connectivity index (χ0) is 20.5. The lowest BCUT2D eigenvalue weighted by molar-refractivity contribution is 0.0953. The van der Waals surface area contributed by atoms with E-state index in [4.69, 9.17) is 11.6 Å². The molecule has 0 spiro atoms. The summed E-state index contributed by atoms with van der Waals surface area (Å²) in [4.78, 5) is 18.7. The molecule has 1 aliphatic rings. The molecule has 2 aromatic carbocycles. The average molecular weight is 414 g/mol. The summed E-state index contributed by atoms with van der Waals surface area (Å²) in [6.07, 6.45) is 1.86. The van der Waals surface area contributed by atoms with Crippen molar-refractivity contribution < 1.29 is 4.79 Å². The highest BCUT2D eigenvalue weighted by atomic mass is 35.5. The molecular weight excluding hydrogens is 386 g/mol. The van der Waals surface area contributed by atoms with Gasteiger partial charge in [-0.25, -0.2) is 0 Å². The number of halogens is 1. The predicted octanol–water partition coefficient (Wildman–Crippen LogP) is 2.90. The Balaban J connectivity index is 1.35. The molecule has 1 fully saturated rings. The van der Waals surface area contributed by atoms with Gasteiger partial charge >= 0.3 is 0 Å². The highest BCUT2D eigenvalue weighted by molar-refractivity contribution is 6.30. The first kappa shape index (κ1) is 21.0. The van der Waals surface area contributed by atoms with Gasteiger partial charge in [0.1, 0.15) is 0 Å². The largest absolute Gasteiger partial charge is 0.369 e. The first-order chi connectivity index (χ1) is 14.2. The molecule has 7 heteroatoms. The van der Waals surface area contributed by atoms with Gasteiger partial charge in [0.2, 0.25) is 0 Å². The molecule has 3 N–H and O–H groups in total. The molecular formula is C22H28ClN5O. The van der Waals surface area contributed by atoms with Crippen LogP contribution in [0.3, 0.4) is 0 Å². The van der Waals surface area contributed by atoms with Crippen molar-refractivity contribution in [2.75, 3.05) is 38.1 Å². The summed E-state index contributed by atoms with van der Waals surface area (Å²) in [6, 6.07) is 17.6. The molecule has 0 bridgehead atoms. The quantitative estimate of drug-likeness (QED) is 0.371. The molecule has 0 saturated carbocycles. The third-order valence-electron chi connectivity index (χ3n) is 4.89. The van der Waals surface area contributed by atoms with Crippen LogP contribution in [0.25, 0.3) is 0 Å². The van der Waals surface area contributed by atoms with Gasteiger partial charge in [0.15, 0.2) is 5.96 Å². The fraction of sp³-hybridized carbons (Fsp3) is 0.364. The lowest BCUT2D eigenvalue weighted by Gasteiger charge is -2.20. The van der Waals surface area contributed by atoms with Gasteiger partial charge in [-0.05, 0) is 43.2 Å². The number of amides is 1. The Morgan fingerprint density at radius 2 is 1.93 bits per heavy atom. The topological polar surface area (TPSA) is 68.8 Å². The second-order valence-electron chi connectivity index (χ2n) is 7.03. The van der Waals surface area contributed by atoms with Crippen LogP contribution in [0.4, 0.5) is 5.69 Å². The van der Waals surface area contributed by atoms with E-state index in [2.05, 4.69) is 31.9 Å². The van der Waals surface area contributed by atoms with Gasteiger partial charge in [-0.3, -0.25) is 9.79 Å². The van der Waals surface area contributed by atoms with E-state index in [1.54, 1.807) is 7.05 Å². The van der Waals surface area contributed by atoms with E-state index in [9.17, 15) is 4.79 Å². The molecule has 2 aromatic rings. The van der Waals surface area contributed by atoms with Crippen LogP contribution in [0.1, 0.15) is 23.2 Å². The summed E-state index contributed by atoms with van der Waals surface area (Å²) in [6.45, 7) is 3.25. The SMILES string of the molecule is CN=C(NCCCNC(=O)c1ccccc1)NC1CCN(c2cccc(Cl)c2)C1. The molecule has 1 unspecified atom stereocenters. The number of nitrogens with one attached hydrogen (secondary N) is 3. The molecule has 29 heavy (non-hydrogen) atoms. The summed E-state index contributed by atoms with van der Waals surface area (Å²) in [5, 5.41) is 10.5. The monoisotopic (exact) mass is 413 g/mol. The second kappa shape index (κ2) is 10.7. The average Bonchev–Trinajstić information content (AvgIpc) is 3.21. The number of anilines is 1. The third-order valence-corrected chi connectivity index (χ3v) is 5.13. The maximum absolute atomic E-state index is 12.0. The van der Waals surface area contributed by atoms with E-state index in [0.717, 1.165) is 49.1 Å². The summed E-state index contributed by atoms with van der Waals surface area (Å²) >= 11 is 6.11. The standard InChI is InChI=1S/C22H28ClN5O/c1-24-22(26-13-6-12-25-21(29)17-7-3-2-4-8-17)27-19-11-14-28(16-19)20-10-5-9-18(23)15-20/h2-5,7-10,15,19H,6,11-14,16H2,1H3,(H,25,29)(H2,24,26,27). The maximum Gasteiger partial charge on any atom is 0.251 e. The number of carbonyl (C=O) groups is 1. The minimum Gasteiger partial charge on any atom is -0.369 e. The van der Waals surface area contributed by atoms with Crippen molar-refractivity contribution in [2.45, 2.75) is 18.9 Å². The fourth-order valence-electron chi connectivity index (χ4n) is 3.36. The highest BCUT2D eigenvalue weighted by Crippen LogP contribution is 2.23. The Hall–Kier alpha value is -2.73. The minimum absolute atomic E-state index is 0.0415. The smallest absolute Gasteiger partial charge is 0.251 e. The maximum atomic E-state index is 12.0.